The van der Waals surface area contributed by atoms with E-state index < -0.39 is 35.2 Å². The van der Waals surface area contributed by atoms with Crippen LogP contribution in [-0.2, 0) is 14.4 Å². The van der Waals surface area contributed by atoms with Gasteiger partial charge in [-0.15, -0.1) is 0 Å². The van der Waals surface area contributed by atoms with Crippen LogP contribution in [0, 0.1) is 11.8 Å². The first-order valence-corrected chi connectivity index (χ1v) is 9.83. The topological polar surface area (TPSA) is 133 Å². The standard InChI is InChI=1S/C21H24N2O6/c22-10-3-1-2-5-12(24)11-29-15-7-4-6-13-17(15)20(27)18(19(13)26)14-8-9-16(25)23-21(14)28/h4,6-7,14,18H,1-3,5,8-11,22H2,(H,23,25,28). The molecule has 1 aliphatic heterocycles. The van der Waals surface area contributed by atoms with Gasteiger partial charge in [-0.25, -0.2) is 0 Å². The SMILES string of the molecule is NCCCCCC(=O)COc1cccc2c1C(=O)C(C1CCC(=O)NC1=O)C2=O. The fraction of sp³-hybridized carbons (Fsp3) is 0.476. The Bertz CT molecular complexity index is 863. The maximum atomic E-state index is 13.0. The van der Waals surface area contributed by atoms with E-state index in [4.69, 9.17) is 10.5 Å². The van der Waals surface area contributed by atoms with E-state index in [2.05, 4.69) is 5.32 Å². The molecule has 0 bridgehead atoms. The molecule has 154 valence electrons. The lowest BCUT2D eigenvalue weighted by Crippen LogP contribution is -2.46. The van der Waals surface area contributed by atoms with Crippen molar-refractivity contribution in [3.8, 4) is 5.75 Å². The highest BCUT2D eigenvalue weighted by molar-refractivity contribution is 6.29. The summed E-state index contributed by atoms with van der Waals surface area (Å²) >= 11 is 0. The first-order valence-electron chi connectivity index (χ1n) is 9.83. The molecule has 1 aromatic carbocycles. The summed E-state index contributed by atoms with van der Waals surface area (Å²) in [5.41, 5.74) is 5.73. The molecule has 1 saturated heterocycles. The largest absolute Gasteiger partial charge is 0.485 e. The zero-order valence-corrected chi connectivity index (χ0v) is 16.1. The van der Waals surface area contributed by atoms with Gasteiger partial charge < -0.3 is 10.5 Å². The third-order valence-electron chi connectivity index (χ3n) is 5.34. The number of rotatable bonds is 9. The van der Waals surface area contributed by atoms with Crippen LogP contribution in [0.15, 0.2) is 18.2 Å². The molecule has 1 aromatic rings. The van der Waals surface area contributed by atoms with Crippen LogP contribution in [0.2, 0.25) is 0 Å². The van der Waals surface area contributed by atoms with Crippen molar-refractivity contribution in [2.75, 3.05) is 13.2 Å². The Morgan fingerprint density at radius 3 is 2.62 bits per heavy atom. The maximum Gasteiger partial charge on any atom is 0.230 e. The summed E-state index contributed by atoms with van der Waals surface area (Å²) in [6.07, 6.45) is 3.05. The van der Waals surface area contributed by atoms with Gasteiger partial charge in [-0.3, -0.25) is 29.3 Å². The number of piperidine rings is 1. The highest BCUT2D eigenvalue weighted by Gasteiger charge is 2.48. The van der Waals surface area contributed by atoms with Crippen LogP contribution in [0.3, 0.4) is 0 Å². The summed E-state index contributed by atoms with van der Waals surface area (Å²) < 4.78 is 5.56. The van der Waals surface area contributed by atoms with Gasteiger partial charge >= 0.3 is 0 Å². The van der Waals surface area contributed by atoms with Gasteiger partial charge in [-0.05, 0) is 31.9 Å². The van der Waals surface area contributed by atoms with E-state index in [1.165, 1.54) is 6.07 Å². The van der Waals surface area contributed by atoms with Crippen LogP contribution >= 0.6 is 0 Å². The van der Waals surface area contributed by atoms with Crippen LogP contribution in [-0.4, -0.2) is 42.3 Å². The minimum Gasteiger partial charge on any atom is -0.485 e. The first kappa shape index (κ1) is 20.9. The summed E-state index contributed by atoms with van der Waals surface area (Å²) in [7, 11) is 0. The smallest absolute Gasteiger partial charge is 0.230 e. The van der Waals surface area contributed by atoms with Crippen molar-refractivity contribution in [1.29, 1.82) is 0 Å². The minimum absolute atomic E-state index is 0.0891. The van der Waals surface area contributed by atoms with Crippen molar-refractivity contribution < 1.29 is 28.7 Å². The van der Waals surface area contributed by atoms with E-state index in [0.717, 1.165) is 19.3 Å². The van der Waals surface area contributed by atoms with Crippen molar-refractivity contribution >= 4 is 29.2 Å². The summed E-state index contributed by atoms with van der Waals surface area (Å²) in [6, 6.07) is 4.64. The zero-order chi connectivity index (χ0) is 21.0. The van der Waals surface area contributed by atoms with Crippen molar-refractivity contribution in [3.05, 3.63) is 29.3 Å². The van der Waals surface area contributed by atoms with Crippen molar-refractivity contribution in [2.24, 2.45) is 17.6 Å². The number of benzene rings is 1. The minimum atomic E-state index is -1.16. The average molecular weight is 400 g/mol. The van der Waals surface area contributed by atoms with Crippen LogP contribution in [0.5, 0.6) is 5.75 Å². The van der Waals surface area contributed by atoms with E-state index in [-0.39, 0.29) is 42.1 Å². The number of nitrogens with one attached hydrogen (secondary N) is 1. The van der Waals surface area contributed by atoms with Crippen molar-refractivity contribution in [2.45, 2.75) is 38.5 Å². The van der Waals surface area contributed by atoms with Gasteiger partial charge in [0, 0.05) is 18.4 Å². The van der Waals surface area contributed by atoms with Crippen LogP contribution < -0.4 is 15.8 Å². The number of fused-ring (bicyclic) bond motifs is 1. The number of Topliss-reactive ketones (excluding diaryl/α,β-unsaturated/α-hetero) is 3. The molecule has 2 aliphatic rings. The molecule has 1 fully saturated rings. The van der Waals surface area contributed by atoms with Crippen molar-refractivity contribution in [3.63, 3.8) is 0 Å². The Morgan fingerprint density at radius 1 is 1.10 bits per heavy atom. The second kappa shape index (κ2) is 9.09. The Labute approximate surface area is 168 Å². The Hall–Kier alpha value is -2.87. The van der Waals surface area contributed by atoms with Crippen molar-refractivity contribution in [1.82, 2.24) is 5.32 Å². The predicted molar refractivity (Wildman–Crippen MR) is 102 cm³/mol. The molecule has 2 unspecified atom stereocenters. The number of ketones is 3. The van der Waals surface area contributed by atoms with E-state index in [0.29, 0.717) is 13.0 Å². The number of carbonyl (C=O) groups excluding carboxylic acids is 5. The summed E-state index contributed by atoms with van der Waals surface area (Å²) in [6.45, 7) is 0.398. The number of imide groups is 1. The molecule has 0 aromatic heterocycles. The molecule has 0 radical (unpaired) electrons. The molecule has 3 N–H and O–H groups in total. The molecule has 29 heavy (non-hydrogen) atoms. The quantitative estimate of drug-likeness (QED) is 0.361. The highest BCUT2D eigenvalue weighted by Crippen LogP contribution is 2.39. The van der Waals surface area contributed by atoms with Crippen LogP contribution in [0.1, 0.15) is 59.2 Å². The Kier molecular flexibility index (Phi) is 6.53. The van der Waals surface area contributed by atoms with Gasteiger partial charge in [0.1, 0.15) is 12.4 Å². The maximum absolute atomic E-state index is 13.0. The molecule has 2 atom stereocenters. The Balaban J connectivity index is 1.71. The second-order valence-corrected chi connectivity index (χ2v) is 7.37. The number of ether oxygens (including phenoxy) is 1. The summed E-state index contributed by atoms with van der Waals surface area (Å²) in [5.74, 6) is -3.91. The third-order valence-corrected chi connectivity index (χ3v) is 5.34. The average Bonchev–Trinajstić information content (AvgIpc) is 2.95. The van der Waals surface area contributed by atoms with Gasteiger partial charge in [0.05, 0.1) is 17.4 Å². The number of amides is 2. The molecular formula is C21H24N2O6. The number of nitrogens with two attached hydrogens (primary N) is 1. The third kappa shape index (κ3) is 4.42. The van der Waals surface area contributed by atoms with Crippen LogP contribution in [0.4, 0.5) is 0 Å². The number of hydrogen-bond acceptors (Lipinski definition) is 7. The van der Waals surface area contributed by atoms with Crippen LogP contribution in [0.25, 0.3) is 0 Å². The van der Waals surface area contributed by atoms with E-state index in [1.54, 1.807) is 12.1 Å². The molecule has 1 heterocycles. The van der Waals surface area contributed by atoms with Gasteiger partial charge in [0.2, 0.25) is 11.8 Å². The lowest BCUT2D eigenvalue weighted by molar-refractivity contribution is -0.137. The molecule has 0 saturated carbocycles. The van der Waals surface area contributed by atoms with Gasteiger partial charge in [-0.2, -0.15) is 0 Å². The molecule has 1 aliphatic carbocycles. The summed E-state index contributed by atoms with van der Waals surface area (Å²) in [4.78, 5) is 61.3. The lowest BCUT2D eigenvalue weighted by Gasteiger charge is -2.24. The molecule has 2 amide bonds. The normalized spacial score (nSPS) is 21.1. The van der Waals surface area contributed by atoms with E-state index in [9.17, 15) is 24.0 Å². The monoisotopic (exact) mass is 400 g/mol. The zero-order valence-electron chi connectivity index (χ0n) is 16.1. The molecule has 3 rings (SSSR count). The number of hydrogen-bond donors (Lipinski definition) is 2. The molecule has 8 nitrogen and oxygen atoms in total. The summed E-state index contributed by atoms with van der Waals surface area (Å²) in [5, 5.41) is 2.19. The number of carbonyl (C=O) groups is 5. The van der Waals surface area contributed by atoms with Gasteiger partial charge in [-0.1, -0.05) is 18.6 Å². The van der Waals surface area contributed by atoms with E-state index >= 15 is 0 Å². The first-order chi connectivity index (χ1) is 13.9. The number of unbranched alkanes of at least 4 members (excludes halogenated alkanes) is 2. The highest BCUT2D eigenvalue weighted by atomic mass is 16.5. The van der Waals surface area contributed by atoms with Gasteiger partial charge in [0.15, 0.2) is 17.3 Å². The molecule has 8 heteroatoms. The predicted octanol–water partition coefficient (Wildman–Crippen LogP) is 1.20. The lowest BCUT2D eigenvalue weighted by atomic mass is 9.82. The van der Waals surface area contributed by atoms with Gasteiger partial charge in [0.25, 0.3) is 0 Å². The molecule has 0 spiro atoms. The second-order valence-electron chi connectivity index (χ2n) is 7.37. The van der Waals surface area contributed by atoms with E-state index in [1.807, 2.05) is 0 Å². The fourth-order valence-electron chi connectivity index (χ4n) is 3.82. The fourth-order valence-corrected chi connectivity index (χ4v) is 3.82. The Morgan fingerprint density at radius 2 is 1.90 bits per heavy atom. The molecular weight excluding hydrogens is 376 g/mol.